The first-order valence-electron chi connectivity index (χ1n) is 7.80. The van der Waals surface area contributed by atoms with E-state index < -0.39 is 0 Å². The fourth-order valence-corrected chi connectivity index (χ4v) is 2.69. The molecule has 0 saturated carbocycles. The Bertz CT molecular complexity index is 1010. The van der Waals surface area contributed by atoms with Crippen molar-refractivity contribution in [2.24, 2.45) is 7.05 Å². The molecule has 0 aliphatic carbocycles. The Labute approximate surface area is 149 Å². The number of hydrogen-bond acceptors (Lipinski definition) is 5. The molecule has 3 heterocycles. The molecule has 0 unspecified atom stereocenters. The van der Waals surface area contributed by atoms with Crippen LogP contribution in [-0.2, 0) is 13.6 Å². The largest absolute Gasteiger partial charge is 0.364 e. The molecule has 0 spiro atoms. The van der Waals surface area contributed by atoms with E-state index in [0.717, 1.165) is 16.6 Å². The van der Waals surface area contributed by atoms with Crippen LogP contribution in [0.3, 0.4) is 0 Å². The Kier molecular flexibility index (Phi) is 4.03. The van der Waals surface area contributed by atoms with Crippen molar-refractivity contribution in [3.8, 4) is 11.4 Å². The average molecular weight is 351 g/mol. The summed E-state index contributed by atoms with van der Waals surface area (Å²) >= 11 is 6.15. The summed E-state index contributed by atoms with van der Waals surface area (Å²) in [6.07, 6.45) is 3.57. The number of anilines is 1. The lowest BCUT2D eigenvalue weighted by atomic mass is 10.2. The summed E-state index contributed by atoms with van der Waals surface area (Å²) < 4.78 is 1.61. The smallest absolute Gasteiger partial charge is 0.155 e. The maximum atomic E-state index is 6.15. The SMILES string of the molecule is Cn1nc(-c2nc3ccccc3nc2NCc2cccnc2)cc1Cl. The number of aromatic nitrogens is 5. The van der Waals surface area contributed by atoms with Crippen LogP contribution >= 0.6 is 11.6 Å². The van der Waals surface area contributed by atoms with Crippen molar-refractivity contribution >= 4 is 28.5 Å². The molecule has 0 atom stereocenters. The topological polar surface area (TPSA) is 68.5 Å². The van der Waals surface area contributed by atoms with Gasteiger partial charge in [-0.05, 0) is 23.8 Å². The second kappa shape index (κ2) is 6.49. The quantitative estimate of drug-likeness (QED) is 0.608. The van der Waals surface area contributed by atoms with E-state index in [0.29, 0.717) is 28.9 Å². The zero-order chi connectivity index (χ0) is 17.2. The molecule has 25 heavy (non-hydrogen) atoms. The number of pyridine rings is 1. The van der Waals surface area contributed by atoms with Crippen molar-refractivity contribution in [3.05, 3.63) is 65.6 Å². The maximum absolute atomic E-state index is 6.15. The van der Waals surface area contributed by atoms with E-state index >= 15 is 0 Å². The molecule has 0 aliphatic rings. The van der Waals surface area contributed by atoms with Gasteiger partial charge >= 0.3 is 0 Å². The van der Waals surface area contributed by atoms with Gasteiger partial charge in [0, 0.05) is 32.1 Å². The van der Waals surface area contributed by atoms with Gasteiger partial charge in [0.1, 0.15) is 16.5 Å². The lowest BCUT2D eigenvalue weighted by Gasteiger charge is -2.10. The summed E-state index contributed by atoms with van der Waals surface area (Å²) in [7, 11) is 1.79. The third-order valence-corrected chi connectivity index (χ3v) is 4.17. The molecule has 7 heteroatoms. The molecule has 1 aromatic carbocycles. The van der Waals surface area contributed by atoms with Crippen molar-refractivity contribution in [3.63, 3.8) is 0 Å². The Hall–Kier alpha value is -2.99. The number of nitrogens with zero attached hydrogens (tertiary/aromatic N) is 5. The lowest BCUT2D eigenvalue weighted by Crippen LogP contribution is -2.05. The summed E-state index contributed by atoms with van der Waals surface area (Å²) in [5, 5.41) is 8.32. The third kappa shape index (κ3) is 3.16. The highest BCUT2D eigenvalue weighted by Crippen LogP contribution is 2.28. The Morgan fingerprint density at radius 2 is 1.88 bits per heavy atom. The molecule has 0 saturated heterocycles. The Balaban J connectivity index is 1.78. The van der Waals surface area contributed by atoms with Crippen LogP contribution in [0.25, 0.3) is 22.4 Å². The van der Waals surface area contributed by atoms with Crippen LogP contribution in [0.1, 0.15) is 5.56 Å². The molecular formula is C18H15ClN6. The van der Waals surface area contributed by atoms with Gasteiger partial charge in [-0.2, -0.15) is 5.10 Å². The molecule has 0 radical (unpaired) electrons. The molecule has 0 amide bonds. The number of halogens is 1. The highest BCUT2D eigenvalue weighted by Gasteiger charge is 2.15. The van der Waals surface area contributed by atoms with Gasteiger partial charge in [-0.15, -0.1) is 0 Å². The van der Waals surface area contributed by atoms with Gasteiger partial charge in [0.15, 0.2) is 5.82 Å². The average Bonchev–Trinajstić information content (AvgIpc) is 2.98. The predicted molar refractivity (Wildman–Crippen MR) is 98.3 cm³/mol. The van der Waals surface area contributed by atoms with Crippen molar-refractivity contribution in [1.82, 2.24) is 24.7 Å². The van der Waals surface area contributed by atoms with Crippen LogP contribution < -0.4 is 5.32 Å². The summed E-state index contributed by atoms with van der Waals surface area (Å²) in [6.45, 7) is 0.592. The number of nitrogens with one attached hydrogen (secondary N) is 1. The van der Waals surface area contributed by atoms with E-state index in [1.165, 1.54) is 0 Å². The van der Waals surface area contributed by atoms with Crippen LogP contribution in [0.4, 0.5) is 5.82 Å². The number of para-hydroxylation sites is 2. The maximum Gasteiger partial charge on any atom is 0.155 e. The van der Waals surface area contributed by atoms with Crippen LogP contribution in [-0.4, -0.2) is 24.7 Å². The van der Waals surface area contributed by atoms with E-state index in [4.69, 9.17) is 21.6 Å². The molecule has 4 aromatic rings. The summed E-state index contributed by atoms with van der Waals surface area (Å²) in [4.78, 5) is 13.6. The molecular weight excluding hydrogens is 336 g/mol. The predicted octanol–water partition coefficient (Wildman–Crippen LogP) is 3.69. The number of hydrogen-bond donors (Lipinski definition) is 1. The number of fused-ring (bicyclic) bond motifs is 1. The first-order valence-corrected chi connectivity index (χ1v) is 8.18. The zero-order valence-corrected chi connectivity index (χ0v) is 14.3. The summed E-state index contributed by atoms with van der Waals surface area (Å²) in [5.41, 5.74) is 4.04. The normalized spacial score (nSPS) is 11.0. The van der Waals surface area contributed by atoms with Crippen molar-refractivity contribution in [2.45, 2.75) is 6.54 Å². The second-order valence-electron chi connectivity index (χ2n) is 5.60. The fourth-order valence-electron chi connectivity index (χ4n) is 2.55. The molecule has 0 fully saturated rings. The fraction of sp³-hybridized carbons (Fsp3) is 0.111. The van der Waals surface area contributed by atoms with Gasteiger partial charge in [0.2, 0.25) is 0 Å². The van der Waals surface area contributed by atoms with Crippen LogP contribution in [0, 0.1) is 0 Å². The van der Waals surface area contributed by atoms with Crippen LogP contribution in [0.15, 0.2) is 54.9 Å². The third-order valence-electron chi connectivity index (χ3n) is 3.82. The van der Waals surface area contributed by atoms with E-state index in [-0.39, 0.29) is 0 Å². The molecule has 124 valence electrons. The van der Waals surface area contributed by atoms with Gasteiger partial charge in [-0.25, -0.2) is 9.97 Å². The minimum atomic E-state index is 0.545. The first kappa shape index (κ1) is 15.5. The number of aryl methyl sites for hydroxylation is 1. The lowest BCUT2D eigenvalue weighted by molar-refractivity contribution is 0.771. The first-order chi connectivity index (χ1) is 12.2. The van der Waals surface area contributed by atoms with E-state index in [9.17, 15) is 0 Å². The highest BCUT2D eigenvalue weighted by molar-refractivity contribution is 6.29. The zero-order valence-electron chi connectivity index (χ0n) is 13.5. The molecule has 4 rings (SSSR count). The van der Waals surface area contributed by atoms with Gasteiger partial charge in [-0.3, -0.25) is 9.67 Å². The minimum Gasteiger partial charge on any atom is -0.364 e. The van der Waals surface area contributed by atoms with Gasteiger partial charge in [0.05, 0.1) is 11.0 Å². The van der Waals surface area contributed by atoms with Crippen molar-refractivity contribution in [1.29, 1.82) is 0 Å². The van der Waals surface area contributed by atoms with Gasteiger partial charge in [0.25, 0.3) is 0 Å². The van der Waals surface area contributed by atoms with Crippen molar-refractivity contribution < 1.29 is 0 Å². The van der Waals surface area contributed by atoms with E-state index in [1.807, 2.05) is 42.6 Å². The summed E-state index contributed by atoms with van der Waals surface area (Å²) in [6, 6.07) is 13.5. The van der Waals surface area contributed by atoms with Crippen LogP contribution in [0.5, 0.6) is 0 Å². The van der Waals surface area contributed by atoms with Crippen LogP contribution in [0.2, 0.25) is 5.15 Å². The molecule has 0 bridgehead atoms. The number of rotatable bonds is 4. The van der Waals surface area contributed by atoms with Crippen molar-refractivity contribution in [2.75, 3.05) is 5.32 Å². The summed E-state index contributed by atoms with van der Waals surface area (Å²) in [5.74, 6) is 0.664. The Morgan fingerprint density at radius 3 is 2.56 bits per heavy atom. The van der Waals surface area contributed by atoms with Gasteiger partial charge in [-0.1, -0.05) is 29.8 Å². The molecule has 0 aliphatic heterocycles. The van der Waals surface area contributed by atoms with E-state index in [1.54, 1.807) is 24.0 Å². The number of benzene rings is 1. The Morgan fingerprint density at radius 1 is 1.08 bits per heavy atom. The van der Waals surface area contributed by atoms with Gasteiger partial charge < -0.3 is 5.32 Å². The molecule has 1 N–H and O–H groups in total. The highest BCUT2D eigenvalue weighted by atomic mass is 35.5. The minimum absolute atomic E-state index is 0.545. The monoisotopic (exact) mass is 350 g/mol. The molecule has 6 nitrogen and oxygen atoms in total. The molecule has 3 aromatic heterocycles. The van der Waals surface area contributed by atoms with E-state index in [2.05, 4.69) is 15.4 Å². The standard InChI is InChI=1S/C18H15ClN6/c1-25-16(19)9-15(24-25)17-18(21-11-12-5-4-8-20-10-12)23-14-7-3-2-6-13(14)22-17/h2-10H,11H2,1H3,(H,21,23). The second-order valence-corrected chi connectivity index (χ2v) is 5.99.